The van der Waals surface area contributed by atoms with E-state index in [0.29, 0.717) is 5.75 Å². The zero-order valence-corrected chi connectivity index (χ0v) is 10.6. The van der Waals surface area contributed by atoms with E-state index in [0.717, 1.165) is 10.0 Å². The number of aliphatic hydroxyl groups excluding tert-OH is 1. The largest absolute Gasteiger partial charge is 0.504 e. The van der Waals surface area contributed by atoms with Crippen molar-refractivity contribution in [1.82, 2.24) is 0 Å². The van der Waals surface area contributed by atoms with Gasteiger partial charge in [-0.1, -0.05) is 29.8 Å². The molecule has 0 heterocycles. The lowest BCUT2D eigenvalue weighted by molar-refractivity contribution is 0.217. The van der Waals surface area contributed by atoms with Crippen molar-refractivity contribution in [3.63, 3.8) is 0 Å². The molecule has 2 N–H and O–H groups in total. The number of halogens is 1. The van der Waals surface area contributed by atoms with Crippen molar-refractivity contribution in [2.24, 2.45) is 0 Å². The Hall–Kier alpha value is -0.740. The number of methoxy groups -OCH3 is 1. The second-order valence-electron chi connectivity index (χ2n) is 4.05. The van der Waals surface area contributed by atoms with E-state index in [1.54, 1.807) is 12.1 Å². The lowest BCUT2D eigenvalue weighted by Gasteiger charge is -2.24. The van der Waals surface area contributed by atoms with Crippen LogP contribution in [0.25, 0.3) is 0 Å². The number of ether oxygens (including phenoxy) is 1. The van der Waals surface area contributed by atoms with Gasteiger partial charge in [0.1, 0.15) is 0 Å². The molecule has 84 valence electrons. The fourth-order valence-corrected chi connectivity index (χ4v) is 2.18. The highest BCUT2D eigenvalue weighted by Gasteiger charge is 2.24. The van der Waals surface area contributed by atoms with Crippen LogP contribution < -0.4 is 4.74 Å². The van der Waals surface area contributed by atoms with Crippen LogP contribution >= 0.6 is 15.9 Å². The van der Waals surface area contributed by atoms with Gasteiger partial charge in [-0.3, -0.25) is 0 Å². The molecule has 0 amide bonds. The predicted octanol–water partition coefficient (Wildman–Crippen LogP) is 2.43. The molecule has 1 aromatic rings. The van der Waals surface area contributed by atoms with E-state index < -0.39 is 0 Å². The molecular formula is C11H15BrO3. The minimum Gasteiger partial charge on any atom is -0.504 e. The number of hydrogen-bond donors (Lipinski definition) is 2. The van der Waals surface area contributed by atoms with Crippen LogP contribution in [0.3, 0.4) is 0 Å². The molecule has 15 heavy (non-hydrogen) atoms. The van der Waals surface area contributed by atoms with Crippen LogP contribution in [0.5, 0.6) is 11.5 Å². The quantitative estimate of drug-likeness (QED) is 0.890. The van der Waals surface area contributed by atoms with E-state index in [4.69, 9.17) is 4.74 Å². The highest BCUT2D eigenvalue weighted by atomic mass is 79.9. The third-order valence-electron chi connectivity index (χ3n) is 2.39. The summed E-state index contributed by atoms with van der Waals surface area (Å²) in [6, 6.07) is 3.31. The molecule has 0 aromatic heterocycles. The first-order valence-electron chi connectivity index (χ1n) is 4.60. The highest BCUT2D eigenvalue weighted by Crippen LogP contribution is 2.38. The molecule has 0 bridgehead atoms. The van der Waals surface area contributed by atoms with E-state index >= 15 is 0 Å². The molecule has 0 unspecified atom stereocenters. The van der Waals surface area contributed by atoms with Crippen LogP contribution in [0.4, 0.5) is 0 Å². The number of phenols is 1. The summed E-state index contributed by atoms with van der Waals surface area (Å²) in [4.78, 5) is 0. The van der Waals surface area contributed by atoms with Crippen LogP contribution in [0.2, 0.25) is 0 Å². The molecule has 0 atom stereocenters. The molecule has 0 aliphatic carbocycles. The molecule has 1 rings (SSSR count). The molecule has 4 heteroatoms. The van der Waals surface area contributed by atoms with Gasteiger partial charge in [-0.05, 0) is 17.7 Å². The van der Waals surface area contributed by atoms with Gasteiger partial charge in [-0.25, -0.2) is 0 Å². The Morgan fingerprint density at radius 1 is 1.40 bits per heavy atom. The number of aromatic hydroxyl groups is 1. The highest BCUT2D eigenvalue weighted by molar-refractivity contribution is 9.10. The first kappa shape index (κ1) is 12.3. The first-order valence-corrected chi connectivity index (χ1v) is 5.39. The maximum atomic E-state index is 9.54. The van der Waals surface area contributed by atoms with Crippen molar-refractivity contribution in [3.8, 4) is 11.5 Å². The number of aliphatic hydroxyl groups is 1. The van der Waals surface area contributed by atoms with Gasteiger partial charge in [0.2, 0.25) is 0 Å². The normalized spacial score (nSPS) is 11.5. The Morgan fingerprint density at radius 3 is 2.47 bits per heavy atom. The maximum absolute atomic E-state index is 9.54. The maximum Gasteiger partial charge on any atom is 0.160 e. The lowest BCUT2D eigenvalue weighted by Crippen LogP contribution is -2.22. The van der Waals surface area contributed by atoms with E-state index in [9.17, 15) is 10.2 Å². The molecule has 1 aromatic carbocycles. The fraction of sp³-hybridized carbons (Fsp3) is 0.455. The molecular weight excluding hydrogens is 260 g/mol. The Balaban J connectivity index is 3.30. The summed E-state index contributed by atoms with van der Waals surface area (Å²) in [7, 11) is 1.50. The molecule has 3 nitrogen and oxygen atoms in total. The second-order valence-corrected chi connectivity index (χ2v) is 4.90. The van der Waals surface area contributed by atoms with Gasteiger partial charge in [0.15, 0.2) is 11.5 Å². The third kappa shape index (κ3) is 2.44. The molecule has 0 saturated heterocycles. The van der Waals surface area contributed by atoms with Crippen LogP contribution in [0, 0.1) is 0 Å². The number of rotatable bonds is 3. The topological polar surface area (TPSA) is 49.7 Å². The average molecular weight is 275 g/mol. The van der Waals surface area contributed by atoms with Crippen LogP contribution in [0.15, 0.2) is 16.6 Å². The Labute approximate surface area is 97.8 Å². The van der Waals surface area contributed by atoms with Crippen molar-refractivity contribution in [2.45, 2.75) is 19.3 Å². The second kappa shape index (κ2) is 4.41. The monoisotopic (exact) mass is 274 g/mol. The van der Waals surface area contributed by atoms with Crippen molar-refractivity contribution in [1.29, 1.82) is 0 Å². The van der Waals surface area contributed by atoms with E-state index in [1.165, 1.54) is 7.11 Å². The van der Waals surface area contributed by atoms with Crippen molar-refractivity contribution < 1.29 is 14.9 Å². The van der Waals surface area contributed by atoms with Crippen LogP contribution in [0.1, 0.15) is 19.4 Å². The first-order chi connectivity index (χ1) is 6.92. The number of phenolic OH excluding ortho intramolecular Hbond substituents is 1. The van der Waals surface area contributed by atoms with Crippen molar-refractivity contribution >= 4 is 15.9 Å². The fourth-order valence-electron chi connectivity index (χ4n) is 1.31. The van der Waals surface area contributed by atoms with Gasteiger partial charge in [0.25, 0.3) is 0 Å². The van der Waals surface area contributed by atoms with Gasteiger partial charge < -0.3 is 14.9 Å². The minimum absolute atomic E-state index is 0.0273. The summed E-state index contributed by atoms with van der Waals surface area (Å²) < 4.78 is 5.79. The summed E-state index contributed by atoms with van der Waals surface area (Å²) >= 11 is 3.36. The molecule has 0 radical (unpaired) electrons. The van der Waals surface area contributed by atoms with E-state index in [-0.39, 0.29) is 17.8 Å². The Morgan fingerprint density at radius 2 is 2.00 bits per heavy atom. The molecule has 0 spiro atoms. The lowest BCUT2D eigenvalue weighted by atomic mass is 9.85. The van der Waals surface area contributed by atoms with Gasteiger partial charge >= 0.3 is 0 Å². The zero-order chi connectivity index (χ0) is 11.6. The minimum atomic E-state index is -0.375. The van der Waals surface area contributed by atoms with Gasteiger partial charge in [0.05, 0.1) is 13.7 Å². The summed E-state index contributed by atoms with van der Waals surface area (Å²) in [5.41, 5.74) is 0.527. The smallest absolute Gasteiger partial charge is 0.160 e. The Kier molecular flexibility index (Phi) is 3.62. The third-order valence-corrected chi connectivity index (χ3v) is 3.05. The summed E-state index contributed by atoms with van der Waals surface area (Å²) in [6.45, 7) is 3.87. The van der Waals surface area contributed by atoms with E-state index in [2.05, 4.69) is 15.9 Å². The Bertz CT molecular complexity index is 361. The van der Waals surface area contributed by atoms with E-state index in [1.807, 2.05) is 13.8 Å². The van der Waals surface area contributed by atoms with Gasteiger partial charge in [0, 0.05) is 9.89 Å². The molecule has 0 saturated carbocycles. The van der Waals surface area contributed by atoms with Crippen LogP contribution in [-0.4, -0.2) is 23.9 Å². The summed E-state index contributed by atoms with van der Waals surface area (Å²) in [5, 5.41) is 18.8. The number of benzene rings is 1. The zero-order valence-electron chi connectivity index (χ0n) is 9.04. The number of hydrogen-bond acceptors (Lipinski definition) is 3. The average Bonchev–Trinajstić information content (AvgIpc) is 2.17. The van der Waals surface area contributed by atoms with Gasteiger partial charge in [-0.2, -0.15) is 0 Å². The van der Waals surface area contributed by atoms with Crippen molar-refractivity contribution in [2.75, 3.05) is 13.7 Å². The van der Waals surface area contributed by atoms with Crippen molar-refractivity contribution in [3.05, 3.63) is 22.2 Å². The molecule has 0 aliphatic heterocycles. The predicted molar refractivity (Wildman–Crippen MR) is 62.5 cm³/mol. The summed E-state index contributed by atoms with van der Waals surface area (Å²) in [5.74, 6) is 0.497. The van der Waals surface area contributed by atoms with Crippen LogP contribution in [-0.2, 0) is 5.41 Å². The summed E-state index contributed by atoms with van der Waals surface area (Å²) in [6.07, 6.45) is 0. The molecule has 0 aliphatic rings. The molecule has 0 fully saturated rings. The standard InChI is InChI=1S/C11H15BrO3/c1-11(2,6-13)7-4-10(15-3)9(14)5-8(7)12/h4-5,13-14H,6H2,1-3H3. The van der Waals surface area contributed by atoms with Gasteiger partial charge in [-0.15, -0.1) is 0 Å². The SMILES string of the molecule is COc1cc(C(C)(C)CO)c(Br)cc1O.